The molecule has 1 aromatic rings. The molecule has 0 aliphatic carbocycles. The number of hydrogen-bond acceptors (Lipinski definition) is 2. The number of rotatable bonds is 1. The first-order chi connectivity index (χ1) is 5.11. The molecule has 0 aromatic heterocycles. The van der Waals surface area contributed by atoms with Gasteiger partial charge in [-0.1, -0.05) is 12.1 Å². The van der Waals surface area contributed by atoms with Gasteiger partial charge in [0.1, 0.15) is 0 Å². The summed E-state index contributed by atoms with van der Waals surface area (Å²) in [6, 6.07) is 5.14. The van der Waals surface area contributed by atoms with Crippen molar-refractivity contribution in [1.82, 2.24) is 0 Å². The van der Waals surface area contributed by atoms with Crippen molar-refractivity contribution in [2.75, 3.05) is 5.73 Å². The Kier molecular flexibility index (Phi) is 2.19. The quantitative estimate of drug-likeness (QED) is 0.493. The van der Waals surface area contributed by atoms with Gasteiger partial charge in [0, 0.05) is 11.3 Å². The molecule has 0 atom stereocenters. The van der Waals surface area contributed by atoms with Gasteiger partial charge < -0.3 is 5.73 Å². The second-order valence-electron chi connectivity index (χ2n) is 2.38. The summed E-state index contributed by atoms with van der Waals surface area (Å²) in [7, 11) is 0. The number of thiol groups is 1. The first-order valence-corrected chi connectivity index (χ1v) is 3.65. The molecule has 0 unspecified atom stereocenters. The molecular formula is C8H9NOS. The molecular weight excluding hydrogens is 158 g/mol. The lowest BCUT2D eigenvalue weighted by atomic mass is 10.1. The Bertz CT molecular complexity index is 296. The van der Waals surface area contributed by atoms with E-state index in [0.717, 1.165) is 5.56 Å². The minimum atomic E-state index is -0.253. The molecule has 2 nitrogen and oxygen atoms in total. The topological polar surface area (TPSA) is 43.1 Å². The van der Waals surface area contributed by atoms with Gasteiger partial charge in [-0.25, -0.2) is 0 Å². The largest absolute Gasteiger partial charge is 0.398 e. The van der Waals surface area contributed by atoms with E-state index in [0.29, 0.717) is 11.3 Å². The fraction of sp³-hybridized carbons (Fsp3) is 0.125. The number of anilines is 1. The summed E-state index contributed by atoms with van der Waals surface area (Å²) in [6.45, 7) is 1.89. The van der Waals surface area contributed by atoms with Crippen LogP contribution in [0.25, 0.3) is 0 Å². The molecule has 0 aliphatic rings. The fourth-order valence-electron chi connectivity index (χ4n) is 0.774. The predicted octanol–water partition coefficient (Wildman–Crippen LogP) is 1.65. The standard InChI is InChI=1S/C8H9NOS/c1-5-2-3-6(8(10)11)4-7(5)9/h2-4H,9H2,1H3,(H,10,11). The van der Waals surface area contributed by atoms with Gasteiger partial charge in [-0.3, -0.25) is 4.79 Å². The highest BCUT2D eigenvalue weighted by atomic mass is 32.1. The van der Waals surface area contributed by atoms with E-state index in [1.54, 1.807) is 18.2 Å². The number of nitrogen functional groups attached to an aromatic ring is 1. The molecule has 58 valence electrons. The zero-order chi connectivity index (χ0) is 8.43. The molecule has 0 saturated heterocycles. The van der Waals surface area contributed by atoms with E-state index >= 15 is 0 Å². The van der Waals surface area contributed by atoms with Crippen molar-refractivity contribution in [3.63, 3.8) is 0 Å². The molecule has 3 heteroatoms. The molecule has 1 rings (SSSR count). The first-order valence-electron chi connectivity index (χ1n) is 3.20. The second-order valence-corrected chi connectivity index (χ2v) is 2.78. The number of carbonyl (C=O) groups is 1. The normalized spacial score (nSPS) is 9.64. The molecule has 0 fully saturated rings. The van der Waals surface area contributed by atoms with Crippen LogP contribution in [0.1, 0.15) is 15.9 Å². The number of hydrogen-bond donors (Lipinski definition) is 2. The van der Waals surface area contributed by atoms with Crippen molar-refractivity contribution < 1.29 is 4.79 Å². The summed E-state index contributed by atoms with van der Waals surface area (Å²) in [5, 5.41) is -0.253. The highest BCUT2D eigenvalue weighted by molar-refractivity contribution is 7.97. The number of nitrogens with two attached hydrogens (primary N) is 1. The molecule has 1 aromatic carbocycles. The average Bonchev–Trinajstić information content (AvgIpc) is 1.94. The van der Waals surface area contributed by atoms with E-state index in [-0.39, 0.29) is 5.12 Å². The molecule has 0 aliphatic heterocycles. The molecule has 0 radical (unpaired) electrons. The molecule has 11 heavy (non-hydrogen) atoms. The maximum Gasteiger partial charge on any atom is 0.216 e. The predicted molar refractivity (Wildman–Crippen MR) is 48.9 cm³/mol. The smallest absolute Gasteiger partial charge is 0.216 e. The van der Waals surface area contributed by atoms with E-state index in [1.165, 1.54) is 0 Å². The minimum Gasteiger partial charge on any atom is -0.398 e. The molecule has 0 bridgehead atoms. The van der Waals surface area contributed by atoms with Crippen LogP contribution in [0.4, 0.5) is 5.69 Å². The number of benzene rings is 1. The van der Waals surface area contributed by atoms with Crippen LogP contribution in [-0.4, -0.2) is 5.12 Å². The van der Waals surface area contributed by atoms with Gasteiger partial charge in [0.25, 0.3) is 0 Å². The summed E-state index contributed by atoms with van der Waals surface area (Å²) in [4.78, 5) is 10.7. The lowest BCUT2D eigenvalue weighted by molar-refractivity contribution is 0.109. The van der Waals surface area contributed by atoms with Crippen LogP contribution < -0.4 is 5.73 Å². The van der Waals surface area contributed by atoms with Gasteiger partial charge in [-0.2, -0.15) is 0 Å². The van der Waals surface area contributed by atoms with Gasteiger partial charge in [-0.05, 0) is 18.6 Å². The Morgan fingerprint density at radius 2 is 2.18 bits per heavy atom. The van der Waals surface area contributed by atoms with Gasteiger partial charge in [-0.15, -0.1) is 12.6 Å². The number of carbonyl (C=O) groups excluding carboxylic acids is 1. The van der Waals surface area contributed by atoms with E-state index in [9.17, 15) is 4.79 Å². The summed E-state index contributed by atoms with van der Waals surface area (Å²) >= 11 is 3.67. The highest BCUT2D eigenvalue weighted by Crippen LogP contribution is 2.13. The fourth-order valence-corrected chi connectivity index (χ4v) is 0.913. The maximum atomic E-state index is 10.7. The molecule has 0 saturated carbocycles. The van der Waals surface area contributed by atoms with Crippen LogP contribution in [-0.2, 0) is 0 Å². The van der Waals surface area contributed by atoms with Gasteiger partial charge >= 0.3 is 0 Å². The summed E-state index contributed by atoms with van der Waals surface area (Å²) < 4.78 is 0. The van der Waals surface area contributed by atoms with Crippen LogP contribution in [0, 0.1) is 6.92 Å². The lowest BCUT2D eigenvalue weighted by Gasteiger charge is -2.00. The Morgan fingerprint density at radius 3 is 2.64 bits per heavy atom. The molecule has 0 spiro atoms. The van der Waals surface area contributed by atoms with Crippen molar-refractivity contribution >= 4 is 23.4 Å². The van der Waals surface area contributed by atoms with Gasteiger partial charge in [0.15, 0.2) is 0 Å². The highest BCUT2D eigenvalue weighted by Gasteiger charge is 2.00. The second kappa shape index (κ2) is 2.96. The third kappa shape index (κ3) is 1.74. The minimum absolute atomic E-state index is 0.253. The van der Waals surface area contributed by atoms with E-state index in [1.807, 2.05) is 6.92 Å². The van der Waals surface area contributed by atoms with Crippen LogP contribution in [0.2, 0.25) is 0 Å². The monoisotopic (exact) mass is 167 g/mol. The van der Waals surface area contributed by atoms with Crippen LogP contribution in [0.5, 0.6) is 0 Å². The molecule has 2 N–H and O–H groups in total. The lowest BCUT2D eigenvalue weighted by Crippen LogP contribution is -1.94. The van der Waals surface area contributed by atoms with E-state index in [4.69, 9.17) is 5.73 Å². The third-order valence-corrected chi connectivity index (χ3v) is 1.78. The number of aryl methyl sites for hydroxylation is 1. The SMILES string of the molecule is Cc1ccc(C(=O)S)cc1N. The Hall–Kier alpha value is -0.960. The zero-order valence-electron chi connectivity index (χ0n) is 6.16. The van der Waals surface area contributed by atoms with Crippen molar-refractivity contribution in [3.8, 4) is 0 Å². The Labute approximate surface area is 70.8 Å². The summed E-state index contributed by atoms with van der Waals surface area (Å²) in [5.74, 6) is 0. The van der Waals surface area contributed by atoms with Crippen LogP contribution in [0.3, 0.4) is 0 Å². The van der Waals surface area contributed by atoms with Crippen LogP contribution in [0.15, 0.2) is 18.2 Å². The zero-order valence-corrected chi connectivity index (χ0v) is 7.06. The van der Waals surface area contributed by atoms with Gasteiger partial charge in [0.05, 0.1) is 0 Å². The average molecular weight is 167 g/mol. The summed E-state index contributed by atoms with van der Waals surface area (Å²) in [5.41, 5.74) is 7.72. The Morgan fingerprint density at radius 1 is 1.55 bits per heavy atom. The van der Waals surface area contributed by atoms with Crippen molar-refractivity contribution in [2.45, 2.75) is 6.92 Å². The van der Waals surface area contributed by atoms with Gasteiger partial charge in [0.2, 0.25) is 5.12 Å². The van der Waals surface area contributed by atoms with E-state index in [2.05, 4.69) is 12.6 Å². The molecule has 0 amide bonds. The van der Waals surface area contributed by atoms with Crippen molar-refractivity contribution in [3.05, 3.63) is 29.3 Å². The summed E-state index contributed by atoms with van der Waals surface area (Å²) in [6.07, 6.45) is 0. The van der Waals surface area contributed by atoms with E-state index < -0.39 is 0 Å². The van der Waals surface area contributed by atoms with Crippen molar-refractivity contribution in [2.24, 2.45) is 0 Å². The van der Waals surface area contributed by atoms with Crippen LogP contribution >= 0.6 is 12.6 Å². The maximum absolute atomic E-state index is 10.7. The first kappa shape index (κ1) is 8.14. The Balaban J connectivity index is 3.15. The molecule has 0 heterocycles. The third-order valence-electron chi connectivity index (χ3n) is 1.53. The van der Waals surface area contributed by atoms with Crippen molar-refractivity contribution in [1.29, 1.82) is 0 Å².